The first-order valence-electron chi connectivity index (χ1n) is 5.65. The van der Waals surface area contributed by atoms with Gasteiger partial charge < -0.3 is 15.7 Å². The zero-order valence-corrected chi connectivity index (χ0v) is 10.5. The van der Waals surface area contributed by atoms with Crippen molar-refractivity contribution in [3.05, 3.63) is 29.8 Å². The van der Waals surface area contributed by atoms with Crippen LogP contribution in [0.15, 0.2) is 24.3 Å². The molecule has 0 spiro atoms. The first kappa shape index (κ1) is 15.8. The molecule has 2 amide bonds. The number of urea groups is 1. The standard InChI is InChI=1S/C12H13F3N2O3/c1-7(10(18)19)6-16-11(20)17-9-4-2-8(3-5-9)12(13,14)15/h2-5,7H,6H2,1H3,(H,18,19)(H2,16,17,20). The van der Waals surface area contributed by atoms with Crippen LogP contribution in [0.3, 0.4) is 0 Å². The van der Waals surface area contributed by atoms with E-state index in [1.54, 1.807) is 0 Å². The molecule has 0 aromatic heterocycles. The molecule has 3 N–H and O–H groups in total. The average Bonchev–Trinajstić information content (AvgIpc) is 2.35. The average molecular weight is 290 g/mol. The van der Waals surface area contributed by atoms with Crippen LogP contribution in [-0.2, 0) is 11.0 Å². The number of aliphatic carboxylic acids is 1. The fraction of sp³-hybridized carbons (Fsp3) is 0.333. The number of anilines is 1. The normalized spacial score (nSPS) is 12.6. The Kier molecular flexibility index (Phi) is 4.95. The van der Waals surface area contributed by atoms with E-state index in [1.807, 2.05) is 0 Å². The first-order chi connectivity index (χ1) is 9.20. The summed E-state index contributed by atoms with van der Waals surface area (Å²) in [4.78, 5) is 21.9. The number of nitrogens with one attached hydrogen (secondary N) is 2. The van der Waals surface area contributed by atoms with Gasteiger partial charge in [-0.3, -0.25) is 4.79 Å². The Morgan fingerprint density at radius 1 is 1.25 bits per heavy atom. The van der Waals surface area contributed by atoms with Gasteiger partial charge in [0.25, 0.3) is 0 Å². The second-order valence-corrected chi connectivity index (χ2v) is 4.15. The molecular formula is C12H13F3N2O3. The number of alkyl halides is 3. The van der Waals surface area contributed by atoms with Crippen LogP contribution in [-0.4, -0.2) is 23.7 Å². The van der Waals surface area contributed by atoms with E-state index in [0.717, 1.165) is 24.3 Å². The highest BCUT2D eigenvalue weighted by Crippen LogP contribution is 2.29. The van der Waals surface area contributed by atoms with E-state index >= 15 is 0 Å². The van der Waals surface area contributed by atoms with Crippen LogP contribution in [0.4, 0.5) is 23.7 Å². The largest absolute Gasteiger partial charge is 0.481 e. The van der Waals surface area contributed by atoms with Crippen molar-refractivity contribution in [3.63, 3.8) is 0 Å². The Morgan fingerprint density at radius 2 is 1.80 bits per heavy atom. The lowest BCUT2D eigenvalue weighted by atomic mass is 10.2. The quantitative estimate of drug-likeness (QED) is 0.797. The zero-order valence-electron chi connectivity index (χ0n) is 10.5. The molecule has 5 nitrogen and oxygen atoms in total. The van der Waals surface area contributed by atoms with E-state index in [-0.39, 0.29) is 12.2 Å². The van der Waals surface area contributed by atoms with Crippen LogP contribution in [0.25, 0.3) is 0 Å². The van der Waals surface area contributed by atoms with Crippen molar-refractivity contribution < 1.29 is 27.9 Å². The number of benzene rings is 1. The summed E-state index contributed by atoms with van der Waals surface area (Å²) in [5, 5.41) is 13.2. The predicted molar refractivity (Wildman–Crippen MR) is 65.3 cm³/mol. The number of hydrogen-bond acceptors (Lipinski definition) is 2. The third kappa shape index (κ3) is 4.79. The minimum atomic E-state index is -4.43. The van der Waals surface area contributed by atoms with Gasteiger partial charge >= 0.3 is 18.2 Å². The lowest BCUT2D eigenvalue weighted by molar-refractivity contribution is -0.141. The third-order valence-electron chi connectivity index (χ3n) is 2.46. The van der Waals surface area contributed by atoms with Crippen molar-refractivity contribution in [2.75, 3.05) is 11.9 Å². The van der Waals surface area contributed by atoms with Gasteiger partial charge in [0.1, 0.15) is 0 Å². The van der Waals surface area contributed by atoms with E-state index in [1.165, 1.54) is 6.92 Å². The molecule has 1 rings (SSSR count). The highest BCUT2D eigenvalue weighted by atomic mass is 19.4. The van der Waals surface area contributed by atoms with E-state index in [2.05, 4.69) is 10.6 Å². The number of rotatable bonds is 4. The maximum Gasteiger partial charge on any atom is 0.416 e. The maximum atomic E-state index is 12.3. The van der Waals surface area contributed by atoms with Crippen molar-refractivity contribution in [1.82, 2.24) is 5.32 Å². The molecule has 1 unspecified atom stereocenters. The molecular weight excluding hydrogens is 277 g/mol. The highest BCUT2D eigenvalue weighted by Gasteiger charge is 2.29. The highest BCUT2D eigenvalue weighted by molar-refractivity contribution is 5.89. The molecule has 0 fully saturated rings. The molecule has 110 valence electrons. The van der Waals surface area contributed by atoms with Gasteiger partial charge in [-0.15, -0.1) is 0 Å². The Labute approximate surface area is 112 Å². The minimum Gasteiger partial charge on any atom is -0.481 e. The molecule has 1 aromatic rings. The van der Waals surface area contributed by atoms with Gasteiger partial charge in [-0.25, -0.2) is 4.79 Å². The van der Waals surface area contributed by atoms with Crippen molar-refractivity contribution >= 4 is 17.7 Å². The van der Waals surface area contributed by atoms with Crippen molar-refractivity contribution in [3.8, 4) is 0 Å². The minimum absolute atomic E-state index is 0.0815. The molecule has 0 radical (unpaired) electrons. The van der Waals surface area contributed by atoms with Gasteiger partial charge in [0.05, 0.1) is 11.5 Å². The Bertz CT molecular complexity index is 486. The van der Waals surface area contributed by atoms with Crippen molar-refractivity contribution in [1.29, 1.82) is 0 Å². The molecule has 0 aliphatic carbocycles. The number of hydrogen-bond donors (Lipinski definition) is 3. The molecule has 0 aliphatic heterocycles. The number of halogens is 3. The third-order valence-corrected chi connectivity index (χ3v) is 2.46. The Balaban J connectivity index is 2.53. The number of carbonyl (C=O) groups is 2. The van der Waals surface area contributed by atoms with Crippen LogP contribution in [0.5, 0.6) is 0 Å². The second-order valence-electron chi connectivity index (χ2n) is 4.15. The van der Waals surface area contributed by atoms with Crippen LogP contribution in [0.1, 0.15) is 12.5 Å². The number of carbonyl (C=O) groups excluding carboxylic acids is 1. The molecule has 1 aromatic carbocycles. The second kappa shape index (κ2) is 6.27. The van der Waals surface area contributed by atoms with Gasteiger partial charge in [0.15, 0.2) is 0 Å². The molecule has 1 atom stereocenters. The SMILES string of the molecule is CC(CNC(=O)Nc1ccc(C(F)(F)F)cc1)C(=O)O. The van der Waals surface area contributed by atoms with E-state index in [9.17, 15) is 22.8 Å². The number of amides is 2. The van der Waals surface area contributed by atoms with Gasteiger partial charge in [0.2, 0.25) is 0 Å². The maximum absolute atomic E-state index is 12.3. The van der Waals surface area contributed by atoms with Crippen molar-refractivity contribution in [2.45, 2.75) is 13.1 Å². The number of carboxylic acid groups (broad SMARTS) is 1. The molecule has 0 saturated carbocycles. The molecule has 0 aliphatic rings. The van der Waals surface area contributed by atoms with E-state index < -0.39 is 29.7 Å². The fourth-order valence-corrected chi connectivity index (χ4v) is 1.25. The van der Waals surface area contributed by atoms with Crippen LogP contribution < -0.4 is 10.6 Å². The van der Waals surface area contributed by atoms with Crippen LogP contribution in [0.2, 0.25) is 0 Å². The first-order valence-corrected chi connectivity index (χ1v) is 5.65. The summed E-state index contributed by atoms with van der Waals surface area (Å²) < 4.78 is 36.9. The van der Waals surface area contributed by atoms with E-state index in [4.69, 9.17) is 5.11 Å². The Hall–Kier alpha value is -2.25. The molecule has 0 bridgehead atoms. The van der Waals surface area contributed by atoms with Gasteiger partial charge in [-0.2, -0.15) is 13.2 Å². The van der Waals surface area contributed by atoms with Gasteiger partial charge in [0, 0.05) is 12.2 Å². The monoisotopic (exact) mass is 290 g/mol. The summed E-state index contributed by atoms with van der Waals surface area (Å²) in [6.07, 6.45) is -4.43. The van der Waals surface area contributed by atoms with Crippen molar-refractivity contribution in [2.24, 2.45) is 5.92 Å². The summed E-state index contributed by atoms with van der Waals surface area (Å²) in [6.45, 7) is 1.34. The zero-order chi connectivity index (χ0) is 15.3. The summed E-state index contributed by atoms with van der Waals surface area (Å²) in [5.41, 5.74) is -0.638. The molecule has 8 heteroatoms. The number of carboxylic acids is 1. The topological polar surface area (TPSA) is 78.4 Å². The summed E-state index contributed by atoms with van der Waals surface area (Å²) in [6, 6.07) is 3.23. The smallest absolute Gasteiger partial charge is 0.416 e. The Morgan fingerprint density at radius 3 is 2.25 bits per heavy atom. The van der Waals surface area contributed by atoms with Crippen LogP contribution in [0, 0.1) is 5.92 Å². The summed E-state index contributed by atoms with van der Waals surface area (Å²) in [7, 11) is 0. The molecule has 0 heterocycles. The van der Waals surface area contributed by atoms with Gasteiger partial charge in [-0.1, -0.05) is 6.92 Å². The lowest BCUT2D eigenvalue weighted by Crippen LogP contribution is -2.34. The predicted octanol–water partition coefficient (Wildman–Crippen LogP) is 2.55. The fourth-order valence-electron chi connectivity index (χ4n) is 1.25. The summed E-state index contributed by atoms with van der Waals surface area (Å²) >= 11 is 0. The van der Waals surface area contributed by atoms with Gasteiger partial charge in [-0.05, 0) is 24.3 Å². The van der Waals surface area contributed by atoms with E-state index in [0.29, 0.717) is 0 Å². The summed E-state index contributed by atoms with van der Waals surface area (Å²) in [5.74, 6) is -1.81. The molecule has 20 heavy (non-hydrogen) atoms. The lowest BCUT2D eigenvalue weighted by Gasteiger charge is -2.11. The van der Waals surface area contributed by atoms with Crippen LogP contribution >= 0.6 is 0 Å². The molecule has 0 saturated heterocycles.